The minimum Gasteiger partial charge on any atom is -0.337 e. The molecule has 1 amide bonds. The highest BCUT2D eigenvalue weighted by atomic mass is 19.1. The van der Waals surface area contributed by atoms with Gasteiger partial charge in [0.2, 0.25) is 5.89 Å². The van der Waals surface area contributed by atoms with E-state index in [0.717, 1.165) is 31.5 Å². The molecule has 1 saturated heterocycles. The van der Waals surface area contributed by atoms with Crippen LogP contribution in [0, 0.1) is 5.82 Å². The molecule has 1 aromatic heterocycles. The topological polar surface area (TPSA) is 59.2 Å². The van der Waals surface area contributed by atoms with E-state index in [1.54, 1.807) is 4.90 Å². The predicted molar refractivity (Wildman–Crippen MR) is 75.7 cm³/mol. The van der Waals surface area contributed by atoms with Gasteiger partial charge in [0, 0.05) is 18.0 Å². The average molecular weight is 301 g/mol. The lowest BCUT2D eigenvalue weighted by Crippen LogP contribution is -2.30. The molecule has 0 radical (unpaired) electrons. The van der Waals surface area contributed by atoms with Crippen molar-refractivity contribution in [2.24, 2.45) is 0 Å². The van der Waals surface area contributed by atoms with E-state index < -0.39 is 0 Å². The SMILES string of the molecule is O=C(c1ccc(F)cc1)N1CCCC1c1nc(C2CC2)no1. The Labute approximate surface area is 127 Å². The second kappa shape index (κ2) is 5.19. The summed E-state index contributed by atoms with van der Waals surface area (Å²) in [6, 6.07) is 5.46. The molecule has 0 N–H and O–H groups in total. The molecule has 2 aromatic rings. The third-order valence-electron chi connectivity index (χ3n) is 4.29. The van der Waals surface area contributed by atoms with Crippen LogP contribution in [0.15, 0.2) is 28.8 Å². The number of halogens is 1. The van der Waals surface area contributed by atoms with Gasteiger partial charge >= 0.3 is 0 Å². The zero-order valence-corrected chi connectivity index (χ0v) is 12.0. The molecule has 1 unspecified atom stereocenters. The van der Waals surface area contributed by atoms with Crippen molar-refractivity contribution >= 4 is 5.91 Å². The first kappa shape index (κ1) is 13.4. The van der Waals surface area contributed by atoms with Crippen LogP contribution in [0.25, 0.3) is 0 Å². The van der Waals surface area contributed by atoms with Gasteiger partial charge in [0.1, 0.15) is 11.9 Å². The molecule has 6 heteroatoms. The van der Waals surface area contributed by atoms with Crippen LogP contribution in [0.3, 0.4) is 0 Å². The second-order valence-corrected chi connectivity index (χ2v) is 5.93. The summed E-state index contributed by atoms with van der Waals surface area (Å²) in [5.41, 5.74) is 0.482. The molecule has 1 saturated carbocycles. The Morgan fingerprint density at radius 2 is 2.00 bits per heavy atom. The molecular weight excluding hydrogens is 285 g/mol. The molecule has 4 rings (SSSR count). The molecule has 22 heavy (non-hydrogen) atoms. The van der Waals surface area contributed by atoms with Crippen LogP contribution in [-0.4, -0.2) is 27.5 Å². The number of carbonyl (C=O) groups excluding carboxylic acids is 1. The lowest BCUT2D eigenvalue weighted by Gasteiger charge is -2.21. The van der Waals surface area contributed by atoms with Crippen LogP contribution in [-0.2, 0) is 0 Å². The van der Waals surface area contributed by atoms with E-state index in [9.17, 15) is 9.18 Å². The number of nitrogens with zero attached hydrogens (tertiary/aromatic N) is 3. The number of hydrogen-bond acceptors (Lipinski definition) is 4. The largest absolute Gasteiger partial charge is 0.337 e. The Morgan fingerprint density at radius 1 is 1.23 bits per heavy atom. The smallest absolute Gasteiger partial charge is 0.254 e. The molecule has 114 valence electrons. The number of benzene rings is 1. The van der Waals surface area contributed by atoms with Crippen molar-refractivity contribution < 1.29 is 13.7 Å². The highest BCUT2D eigenvalue weighted by molar-refractivity contribution is 5.94. The van der Waals surface area contributed by atoms with Crippen molar-refractivity contribution in [3.8, 4) is 0 Å². The van der Waals surface area contributed by atoms with Gasteiger partial charge < -0.3 is 9.42 Å². The van der Waals surface area contributed by atoms with E-state index in [0.29, 0.717) is 23.9 Å². The van der Waals surface area contributed by atoms with Crippen LogP contribution >= 0.6 is 0 Å². The van der Waals surface area contributed by atoms with Gasteiger partial charge in [-0.3, -0.25) is 4.79 Å². The fourth-order valence-electron chi connectivity index (χ4n) is 2.91. The van der Waals surface area contributed by atoms with E-state index in [4.69, 9.17) is 4.52 Å². The maximum Gasteiger partial charge on any atom is 0.254 e. The Morgan fingerprint density at radius 3 is 2.73 bits per heavy atom. The molecule has 2 aliphatic rings. The van der Waals surface area contributed by atoms with Gasteiger partial charge in [-0.05, 0) is 49.9 Å². The zero-order chi connectivity index (χ0) is 15.1. The number of amides is 1. The van der Waals surface area contributed by atoms with Crippen molar-refractivity contribution in [2.45, 2.75) is 37.6 Å². The normalized spacial score (nSPS) is 21.3. The number of hydrogen-bond donors (Lipinski definition) is 0. The third-order valence-corrected chi connectivity index (χ3v) is 4.29. The van der Waals surface area contributed by atoms with Gasteiger partial charge in [0.15, 0.2) is 5.82 Å². The fraction of sp³-hybridized carbons (Fsp3) is 0.438. The first-order chi connectivity index (χ1) is 10.7. The maximum absolute atomic E-state index is 13.0. The monoisotopic (exact) mass is 301 g/mol. The van der Waals surface area contributed by atoms with Gasteiger partial charge in [-0.2, -0.15) is 4.98 Å². The molecule has 1 aromatic carbocycles. The van der Waals surface area contributed by atoms with E-state index in [1.165, 1.54) is 24.3 Å². The van der Waals surface area contributed by atoms with Crippen molar-refractivity contribution in [3.63, 3.8) is 0 Å². The quantitative estimate of drug-likeness (QED) is 0.874. The van der Waals surface area contributed by atoms with Crippen LogP contribution in [0.5, 0.6) is 0 Å². The summed E-state index contributed by atoms with van der Waals surface area (Å²) in [6.45, 7) is 0.655. The van der Waals surface area contributed by atoms with E-state index in [-0.39, 0.29) is 17.8 Å². The minimum atomic E-state index is -0.347. The average Bonchev–Trinajstić information content (AvgIpc) is 3.08. The number of rotatable bonds is 3. The van der Waals surface area contributed by atoms with Gasteiger partial charge in [-0.25, -0.2) is 4.39 Å². The molecule has 5 nitrogen and oxygen atoms in total. The van der Waals surface area contributed by atoms with E-state index in [1.807, 2.05) is 0 Å². The lowest BCUT2D eigenvalue weighted by atomic mass is 10.1. The number of aromatic nitrogens is 2. The van der Waals surface area contributed by atoms with Gasteiger partial charge in [-0.1, -0.05) is 5.16 Å². The van der Waals surface area contributed by atoms with Crippen LogP contribution in [0.2, 0.25) is 0 Å². The Balaban J connectivity index is 1.56. The lowest BCUT2D eigenvalue weighted by molar-refractivity contribution is 0.0710. The molecule has 1 aliphatic heterocycles. The second-order valence-electron chi connectivity index (χ2n) is 5.93. The highest BCUT2D eigenvalue weighted by Gasteiger charge is 2.36. The van der Waals surface area contributed by atoms with Crippen molar-refractivity contribution in [3.05, 3.63) is 47.4 Å². The molecule has 0 spiro atoms. The van der Waals surface area contributed by atoms with Crippen molar-refractivity contribution in [1.82, 2.24) is 15.0 Å². The van der Waals surface area contributed by atoms with Gasteiger partial charge in [-0.15, -0.1) is 0 Å². The number of carbonyl (C=O) groups is 1. The standard InChI is InChI=1S/C16H16FN3O2/c17-12-7-5-11(6-8-12)16(21)20-9-1-2-13(20)15-18-14(19-22-15)10-3-4-10/h5-8,10,13H,1-4,9H2. The summed E-state index contributed by atoms with van der Waals surface area (Å²) in [6.07, 6.45) is 3.95. The fourth-order valence-corrected chi connectivity index (χ4v) is 2.91. The third kappa shape index (κ3) is 2.38. The predicted octanol–water partition coefficient (Wildman–Crippen LogP) is 3.06. The summed E-state index contributed by atoms with van der Waals surface area (Å²) in [5, 5.41) is 4.03. The van der Waals surface area contributed by atoms with Gasteiger partial charge in [0.25, 0.3) is 5.91 Å². The Bertz CT molecular complexity index is 694. The molecule has 2 fully saturated rings. The molecule has 1 aliphatic carbocycles. The first-order valence-corrected chi connectivity index (χ1v) is 7.62. The van der Waals surface area contributed by atoms with Crippen LogP contribution in [0.4, 0.5) is 4.39 Å². The van der Waals surface area contributed by atoms with Gasteiger partial charge in [0.05, 0.1) is 0 Å². The summed E-state index contributed by atoms with van der Waals surface area (Å²) in [5.74, 6) is 1.25. The molecular formula is C16H16FN3O2. The molecule has 1 atom stereocenters. The Kier molecular flexibility index (Phi) is 3.17. The van der Waals surface area contributed by atoms with E-state index >= 15 is 0 Å². The molecule has 0 bridgehead atoms. The first-order valence-electron chi connectivity index (χ1n) is 7.62. The highest BCUT2D eigenvalue weighted by Crippen LogP contribution is 2.40. The minimum absolute atomic E-state index is 0.117. The summed E-state index contributed by atoms with van der Waals surface area (Å²) >= 11 is 0. The molecule has 2 heterocycles. The van der Waals surface area contributed by atoms with Crippen molar-refractivity contribution in [2.75, 3.05) is 6.54 Å². The van der Waals surface area contributed by atoms with Crippen LogP contribution < -0.4 is 0 Å². The van der Waals surface area contributed by atoms with E-state index in [2.05, 4.69) is 10.1 Å². The summed E-state index contributed by atoms with van der Waals surface area (Å²) in [4.78, 5) is 18.8. The van der Waals surface area contributed by atoms with Crippen molar-refractivity contribution in [1.29, 1.82) is 0 Å². The number of likely N-dealkylation sites (tertiary alicyclic amines) is 1. The van der Waals surface area contributed by atoms with Crippen LogP contribution in [0.1, 0.15) is 59.7 Å². The zero-order valence-electron chi connectivity index (χ0n) is 12.0. The Hall–Kier alpha value is -2.24. The maximum atomic E-state index is 13.0. The summed E-state index contributed by atoms with van der Waals surface area (Å²) < 4.78 is 18.4. The summed E-state index contributed by atoms with van der Waals surface area (Å²) in [7, 11) is 0.